The summed E-state index contributed by atoms with van der Waals surface area (Å²) in [5, 5.41) is 9.22. The lowest BCUT2D eigenvalue weighted by Gasteiger charge is -2.16. The van der Waals surface area contributed by atoms with E-state index in [2.05, 4.69) is 49.7 Å². The Labute approximate surface area is 128 Å². The molecule has 4 nitrogen and oxygen atoms in total. The summed E-state index contributed by atoms with van der Waals surface area (Å²) in [7, 11) is 0. The Morgan fingerprint density at radius 3 is 2.52 bits per heavy atom. The van der Waals surface area contributed by atoms with Crippen LogP contribution in [0, 0.1) is 5.92 Å². The van der Waals surface area contributed by atoms with E-state index in [0.717, 1.165) is 31.6 Å². The van der Waals surface area contributed by atoms with Crippen molar-refractivity contribution in [3.05, 3.63) is 29.8 Å². The molecule has 1 rings (SSSR count). The highest BCUT2D eigenvalue weighted by Gasteiger charge is 2.08. The van der Waals surface area contributed by atoms with Gasteiger partial charge in [-0.3, -0.25) is 0 Å². The van der Waals surface area contributed by atoms with E-state index in [1.807, 2.05) is 18.2 Å². The average molecular weight is 291 g/mol. The number of rotatable bonds is 8. The second-order valence-corrected chi connectivity index (χ2v) is 5.42. The minimum atomic E-state index is -0.129. The number of carbonyl (C=O) groups is 1. The maximum absolute atomic E-state index is 11.9. The van der Waals surface area contributed by atoms with E-state index in [-0.39, 0.29) is 12.1 Å². The molecule has 0 spiro atoms. The van der Waals surface area contributed by atoms with Gasteiger partial charge in [0.1, 0.15) is 0 Å². The molecule has 1 atom stereocenters. The highest BCUT2D eigenvalue weighted by atomic mass is 16.2. The Balaban J connectivity index is 2.54. The molecule has 0 aliphatic heterocycles. The van der Waals surface area contributed by atoms with Crippen molar-refractivity contribution in [3.63, 3.8) is 0 Å². The van der Waals surface area contributed by atoms with Crippen LogP contribution in [0.2, 0.25) is 0 Å². The second-order valence-electron chi connectivity index (χ2n) is 5.42. The molecule has 0 saturated carbocycles. The summed E-state index contributed by atoms with van der Waals surface area (Å²) < 4.78 is 0. The van der Waals surface area contributed by atoms with E-state index in [0.29, 0.717) is 5.92 Å². The molecule has 1 aromatic carbocycles. The maximum Gasteiger partial charge on any atom is 0.319 e. The molecule has 0 aliphatic rings. The van der Waals surface area contributed by atoms with Gasteiger partial charge in [0.2, 0.25) is 0 Å². The Hall–Kier alpha value is -1.55. The summed E-state index contributed by atoms with van der Waals surface area (Å²) in [6.45, 7) is 10.2. The van der Waals surface area contributed by atoms with Gasteiger partial charge in [-0.05, 0) is 37.1 Å². The van der Waals surface area contributed by atoms with Crippen molar-refractivity contribution in [2.24, 2.45) is 5.92 Å². The van der Waals surface area contributed by atoms with Crippen LogP contribution in [0.3, 0.4) is 0 Å². The predicted octanol–water partition coefficient (Wildman–Crippen LogP) is 3.91. The lowest BCUT2D eigenvalue weighted by Crippen LogP contribution is -2.32. The molecule has 1 aromatic rings. The Morgan fingerprint density at radius 1 is 1.19 bits per heavy atom. The fraction of sp³-hybridized carbons (Fsp3) is 0.588. The molecule has 4 heteroatoms. The van der Waals surface area contributed by atoms with E-state index in [9.17, 15) is 4.79 Å². The maximum atomic E-state index is 11.9. The molecule has 1 unspecified atom stereocenters. The first kappa shape index (κ1) is 17.5. The topological polar surface area (TPSA) is 53.2 Å². The summed E-state index contributed by atoms with van der Waals surface area (Å²) in [5.74, 6) is 0.552. The van der Waals surface area contributed by atoms with E-state index in [1.54, 1.807) is 0 Å². The zero-order valence-electron chi connectivity index (χ0n) is 13.7. The number of anilines is 1. The van der Waals surface area contributed by atoms with Crippen LogP contribution in [0.25, 0.3) is 0 Å². The number of hydrogen-bond donors (Lipinski definition) is 3. The molecule has 0 heterocycles. The first-order chi connectivity index (χ1) is 10.1. The van der Waals surface area contributed by atoms with Crippen LogP contribution < -0.4 is 16.0 Å². The number of urea groups is 1. The average Bonchev–Trinajstić information content (AvgIpc) is 2.49. The lowest BCUT2D eigenvalue weighted by molar-refractivity contribution is 0.249. The van der Waals surface area contributed by atoms with Gasteiger partial charge >= 0.3 is 6.03 Å². The molecule has 0 saturated heterocycles. The van der Waals surface area contributed by atoms with Crippen molar-refractivity contribution in [1.29, 1.82) is 0 Å². The van der Waals surface area contributed by atoms with Crippen molar-refractivity contribution in [1.82, 2.24) is 10.6 Å². The molecule has 3 N–H and O–H groups in total. The summed E-state index contributed by atoms with van der Waals surface area (Å²) >= 11 is 0. The lowest BCUT2D eigenvalue weighted by atomic mass is 10.0. The first-order valence-electron chi connectivity index (χ1n) is 7.98. The van der Waals surface area contributed by atoms with Crippen LogP contribution in [-0.2, 0) is 0 Å². The van der Waals surface area contributed by atoms with Gasteiger partial charge in [-0.15, -0.1) is 0 Å². The van der Waals surface area contributed by atoms with Gasteiger partial charge in [0.15, 0.2) is 0 Å². The molecule has 0 bridgehead atoms. The molecule has 0 aromatic heterocycles. The second kappa shape index (κ2) is 9.40. The zero-order chi connectivity index (χ0) is 15.7. The van der Waals surface area contributed by atoms with Crippen molar-refractivity contribution < 1.29 is 4.79 Å². The molecule has 21 heavy (non-hydrogen) atoms. The molecule has 0 aliphatic carbocycles. The standard InChI is InChI=1S/C17H29N3O/c1-5-14(6-2)12-19-17(21)20-16-10-8-9-15(11-16)13(4)18-7-3/h8-11,13-14,18H,5-7,12H2,1-4H3,(H2,19,20,21). The number of hydrogen-bond acceptors (Lipinski definition) is 2. The normalized spacial score (nSPS) is 12.2. The Bertz CT molecular complexity index is 430. The van der Waals surface area contributed by atoms with Crippen molar-refractivity contribution in [3.8, 4) is 0 Å². The smallest absolute Gasteiger partial charge is 0.319 e. The zero-order valence-corrected chi connectivity index (χ0v) is 13.7. The quantitative estimate of drug-likeness (QED) is 0.680. The molecular weight excluding hydrogens is 262 g/mol. The summed E-state index contributed by atoms with van der Waals surface area (Å²) in [6.07, 6.45) is 2.18. The van der Waals surface area contributed by atoms with Crippen molar-refractivity contribution in [2.75, 3.05) is 18.4 Å². The highest BCUT2D eigenvalue weighted by molar-refractivity contribution is 5.89. The van der Waals surface area contributed by atoms with Gasteiger partial charge < -0.3 is 16.0 Å². The van der Waals surface area contributed by atoms with Crippen LogP contribution >= 0.6 is 0 Å². The van der Waals surface area contributed by atoms with Crippen LogP contribution in [0.4, 0.5) is 10.5 Å². The number of nitrogens with one attached hydrogen (secondary N) is 3. The minimum absolute atomic E-state index is 0.129. The third-order valence-corrected chi connectivity index (χ3v) is 3.86. The molecular formula is C17H29N3O. The first-order valence-corrected chi connectivity index (χ1v) is 7.98. The van der Waals surface area contributed by atoms with Gasteiger partial charge in [-0.25, -0.2) is 4.79 Å². The molecule has 118 valence electrons. The van der Waals surface area contributed by atoms with E-state index in [1.165, 1.54) is 5.56 Å². The largest absolute Gasteiger partial charge is 0.338 e. The van der Waals surface area contributed by atoms with Gasteiger partial charge in [0, 0.05) is 18.3 Å². The van der Waals surface area contributed by atoms with Crippen molar-refractivity contribution in [2.45, 2.75) is 46.6 Å². The fourth-order valence-corrected chi connectivity index (χ4v) is 2.30. The number of benzene rings is 1. The van der Waals surface area contributed by atoms with Gasteiger partial charge in [0.25, 0.3) is 0 Å². The van der Waals surface area contributed by atoms with Crippen LogP contribution in [0.5, 0.6) is 0 Å². The van der Waals surface area contributed by atoms with Gasteiger partial charge in [-0.2, -0.15) is 0 Å². The molecule has 0 fully saturated rings. The Morgan fingerprint density at radius 2 is 1.90 bits per heavy atom. The van der Waals surface area contributed by atoms with E-state index < -0.39 is 0 Å². The third kappa shape index (κ3) is 6.17. The van der Waals surface area contributed by atoms with Crippen LogP contribution in [0.1, 0.15) is 52.1 Å². The summed E-state index contributed by atoms with van der Waals surface area (Å²) in [4.78, 5) is 11.9. The minimum Gasteiger partial charge on any atom is -0.338 e. The SMILES string of the molecule is CCNC(C)c1cccc(NC(=O)NCC(CC)CC)c1. The number of amides is 2. The van der Waals surface area contributed by atoms with Gasteiger partial charge in [-0.1, -0.05) is 45.7 Å². The molecule has 2 amide bonds. The van der Waals surface area contributed by atoms with Crippen molar-refractivity contribution >= 4 is 11.7 Å². The monoisotopic (exact) mass is 291 g/mol. The molecule has 0 radical (unpaired) electrons. The Kier molecular flexibility index (Phi) is 7.83. The fourth-order valence-electron chi connectivity index (χ4n) is 2.30. The van der Waals surface area contributed by atoms with Crippen LogP contribution in [-0.4, -0.2) is 19.1 Å². The van der Waals surface area contributed by atoms with E-state index >= 15 is 0 Å². The van der Waals surface area contributed by atoms with Crippen LogP contribution in [0.15, 0.2) is 24.3 Å². The third-order valence-electron chi connectivity index (χ3n) is 3.86. The number of carbonyl (C=O) groups excluding carboxylic acids is 1. The van der Waals surface area contributed by atoms with E-state index in [4.69, 9.17) is 0 Å². The summed E-state index contributed by atoms with van der Waals surface area (Å²) in [6, 6.07) is 8.13. The van der Waals surface area contributed by atoms with Gasteiger partial charge in [0.05, 0.1) is 0 Å². The highest BCUT2D eigenvalue weighted by Crippen LogP contribution is 2.17. The predicted molar refractivity (Wildman–Crippen MR) is 89.6 cm³/mol. The summed E-state index contributed by atoms with van der Waals surface area (Å²) in [5.41, 5.74) is 2.01.